The van der Waals surface area contributed by atoms with Crippen molar-refractivity contribution in [1.82, 2.24) is 15.6 Å². The van der Waals surface area contributed by atoms with E-state index in [1.54, 1.807) is 32.5 Å². The van der Waals surface area contributed by atoms with Gasteiger partial charge in [0.15, 0.2) is 0 Å². The highest BCUT2D eigenvalue weighted by Gasteiger charge is 2.17. The fraction of sp³-hybridized carbons (Fsp3) is 0.250. The van der Waals surface area contributed by atoms with Crippen LogP contribution in [0.2, 0.25) is 0 Å². The van der Waals surface area contributed by atoms with Gasteiger partial charge in [0.05, 0.1) is 13.2 Å². The lowest BCUT2D eigenvalue weighted by Gasteiger charge is -2.18. The van der Waals surface area contributed by atoms with Crippen LogP contribution < -0.4 is 15.4 Å². The fourth-order valence-corrected chi connectivity index (χ4v) is 2.27. The Balaban J connectivity index is 1.85. The number of carbonyl (C=O) groups excluding carboxylic acids is 2. The van der Waals surface area contributed by atoms with Gasteiger partial charge in [-0.2, -0.15) is 0 Å². The Hall–Kier alpha value is -3.15. The van der Waals surface area contributed by atoms with Gasteiger partial charge in [0.25, 0.3) is 0 Å². The summed E-state index contributed by atoms with van der Waals surface area (Å²) in [5.41, 5.74) is 1.77. The molecule has 0 saturated heterocycles. The average Bonchev–Trinajstić information content (AvgIpc) is 2.67. The molecule has 2 N–H and O–H groups in total. The third-order valence-electron chi connectivity index (χ3n) is 3.84. The van der Waals surface area contributed by atoms with Gasteiger partial charge < -0.3 is 15.4 Å². The monoisotopic (exact) mass is 353 g/mol. The number of rotatable bonds is 7. The van der Waals surface area contributed by atoms with Gasteiger partial charge in [-0.15, -0.1) is 0 Å². The van der Waals surface area contributed by atoms with Crippen LogP contribution in [0.4, 0.5) is 0 Å². The van der Waals surface area contributed by atoms with Crippen molar-refractivity contribution in [2.45, 2.75) is 25.9 Å². The number of methoxy groups -OCH3 is 1. The molecule has 1 aromatic carbocycles. The summed E-state index contributed by atoms with van der Waals surface area (Å²) in [6.07, 6.45) is 6.45. The molecule has 26 heavy (non-hydrogen) atoms. The highest BCUT2D eigenvalue weighted by atomic mass is 16.5. The minimum Gasteiger partial charge on any atom is -0.497 e. The van der Waals surface area contributed by atoms with E-state index in [0.29, 0.717) is 0 Å². The van der Waals surface area contributed by atoms with E-state index in [4.69, 9.17) is 4.74 Å². The lowest BCUT2D eigenvalue weighted by molar-refractivity contribution is -0.127. The second kappa shape index (κ2) is 9.36. The zero-order chi connectivity index (χ0) is 18.9. The summed E-state index contributed by atoms with van der Waals surface area (Å²) < 4.78 is 5.09. The first-order valence-corrected chi connectivity index (χ1v) is 8.32. The SMILES string of the molecule is COc1ccc(/C=C/C(=O)NC(C)C(=O)NC(C)c2cccnc2)cc1. The number of aromatic nitrogens is 1. The summed E-state index contributed by atoms with van der Waals surface area (Å²) in [4.78, 5) is 28.3. The normalized spacial score (nSPS) is 13.0. The molecule has 1 heterocycles. The summed E-state index contributed by atoms with van der Waals surface area (Å²) in [5, 5.41) is 5.51. The van der Waals surface area contributed by atoms with Crippen molar-refractivity contribution < 1.29 is 14.3 Å². The molecule has 6 heteroatoms. The maximum absolute atomic E-state index is 12.2. The van der Waals surface area contributed by atoms with Crippen LogP contribution in [-0.4, -0.2) is 29.9 Å². The van der Waals surface area contributed by atoms with Crippen LogP contribution in [0.25, 0.3) is 6.08 Å². The van der Waals surface area contributed by atoms with E-state index in [1.165, 1.54) is 6.08 Å². The molecule has 0 spiro atoms. The number of hydrogen-bond donors (Lipinski definition) is 2. The molecule has 0 radical (unpaired) electrons. The lowest BCUT2D eigenvalue weighted by Crippen LogP contribution is -2.45. The molecule has 0 aliphatic carbocycles. The Morgan fingerprint density at radius 3 is 2.46 bits per heavy atom. The van der Waals surface area contributed by atoms with E-state index < -0.39 is 6.04 Å². The van der Waals surface area contributed by atoms with Crippen molar-refractivity contribution in [3.05, 3.63) is 66.0 Å². The maximum Gasteiger partial charge on any atom is 0.244 e. The summed E-state index contributed by atoms with van der Waals surface area (Å²) in [7, 11) is 1.60. The van der Waals surface area contributed by atoms with Crippen LogP contribution in [0.15, 0.2) is 54.9 Å². The molecule has 136 valence electrons. The van der Waals surface area contributed by atoms with Gasteiger partial charge in [-0.3, -0.25) is 14.6 Å². The molecule has 2 rings (SSSR count). The average molecular weight is 353 g/mol. The Morgan fingerprint density at radius 1 is 1.12 bits per heavy atom. The molecule has 0 fully saturated rings. The van der Waals surface area contributed by atoms with E-state index in [1.807, 2.05) is 43.3 Å². The molecule has 2 atom stereocenters. The van der Waals surface area contributed by atoms with Crippen molar-refractivity contribution in [3.8, 4) is 5.75 Å². The summed E-state index contributed by atoms with van der Waals surface area (Å²) in [6.45, 7) is 3.51. The van der Waals surface area contributed by atoms with Gasteiger partial charge in [-0.1, -0.05) is 18.2 Å². The first-order chi connectivity index (χ1) is 12.5. The maximum atomic E-state index is 12.2. The number of nitrogens with one attached hydrogen (secondary N) is 2. The molecule has 1 aromatic heterocycles. The van der Waals surface area contributed by atoms with Crippen molar-refractivity contribution in [2.24, 2.45) is 0 Å². The number of benzene rings is 1. The number of carbonyl (C=O) groups is 2. The van der Waals surface area contributed by atoms with Gasteiger partial charge in [-0.05, 0) is 49.2 Å². The highest BCUT2D eigenvalue weighted by molar-refractivity contribution is 5.95. The van der Waals surface area contributed by atoms with Crippen LogP contribution in [0.1, 0.15) is 31.0 Å². The third-order valence-corrected chi connectivity index (χ3v) is 3.84. The Bertz CT molecular complexity index is 758. The molecule has 2 amide bonds. The minimum atomic E-state index is -0.651. The van der Waals surface area contributed by atoms with Gasteiger partial charge in [0.2, 0.25) is 11.8 Å². The van der Waals surface area contributed by atoms with E-state index in [-0.39, 0.29) is 17.9 Å². The zero-order valence-electron chi connectivity index (χ0n) is 15.1. The number of ether oxygens (including phenoxy) is 1. The molecular weight excluding hydrogens is 330 g/mol. The standard InChI is InChI=1S/C20H23N3O3/c1-14(17-5-4-12-21-13-17)23-20(25)15(2)22-19(24)11-8-16-6-9-18(26-3)10-7-16/h4-15H,1-3H3,(H,22,24)(H,23,25)/b11-8+. The Labute approximate surface area is 153 Å². The second-order valence-corrected chi connectivity index (χ2v) is 5.85. The Kier molecular flexibility index (Phi) is 6.91. The minimum absolute atomic E-state index is 0.189. The summed E-state index contributed by atoms with van der Waals surface area (Å²) in [5.74, 6) is 0.157. The molecule has 0 aliphatic heterocycles. The molecule has 2 unspecified atom stereocenters. The van der Waals surface area contributed by atoms with Gasteiger partial charge in [0.1, 0.15) is 11.8 Å². The number of hydrogen-bond acceptors (Lipinski definition) is 4. The Morgan fingerprint density at radius 2 is 1.85 bits per heavy atom. The topological polar surface area (TPSA) is 80.3 Å². The lowest BCUT2D eigenvalue weighted by atomic mass is 10.1. The van der Waals surface area contributed by atoms with E-state index in [0.717, 1.165) is 16.9 Å². The molecule has 0 bridgehead atoms. The van der Waals surface area contributed by atoms with Crippen LogP contribution >= 0.6 is 0 Å². The number of pyridine rings is 1. The predicted molar refractivity (Wildman–Crippen MR) is 100 cm³/mol. The van der Waals surface area contributed by atoms with E-state index in [9.17, 15) is 9.59 Å². The van der Waals surface area contributed by atoms with Crippen molar-refractivity contribution in [3.63, 3.8) is 0 Å². The first kappa shape index (κ1) is 19.2. The number of nitrogens with zero attached hydrogens (tertiary/aromatic N) is 1. The van der Waals surface area contributed by atoms with E-state index >= 15 is 0 Å². The molecule has 2 aromatic rings. The van der Waals surface area contributed by atoms with E-state index in [2.05, 4.69) is 15.6 Å². The number of amides is 2. The third kappa shape index (κ3) is 5.73. The predicted octanol–water partition coefficient (Wildman–Crippen LogP) is 2.49. The fourth-order valence-electron chi connectivity index (χ4n) is 2.27. The van der Waals surface area contributed by atoms with Crippen molar-refractivity contribution in [1.29, 1.82) is 0 Å². The summed E-state index contributed by atoms with van der Waals surface area (Å²) in [6, 6.07) is 10.2. The van der Waals surface area contributed by atoms with Crippen LogP contribution in [0.3, 0.4) is 0 Å². The first-order valence-electron chi connectivity index (χ1n) is 8.32. The second-order valence-electron chi connectivity index (χ2n) is 5.85. The van der Waals surface area contributed by atoms with Crippen LogP contribution in [0.5, 0.6) is 5.75 Å². The van der Waals surface area contributed by atoms with Gasteiger partial charge in [-0.25, -0.2) is 0 Å². The highest BCUT2D eigenvalue weighted by Crippen LogP contribution is 2.12. The molecule has 6 nitrogen and oxygen atoms in total. The summed E-state index contributed by atoms with van der Waals surface area (Å²) >= 11 is 0. The zero-order valence-corrected chi connectivity index (χ0v) is 15.1. The largest absolute Gasteiger partial charge is 0.497 e. The van der Waals surface area contributed by atoms with Gasteiger partial charge >= 0.3 is 0 Å². The smallest absolute Gasteiger partial charge is 0.244 e. The van der Waals surface area contributed by atoms with Gasteiger partial charge in [0, 0.05) is 18.5 Å². The van der Waals surface area contributed by atoms with Crippen LogP contribution in [-0.2, 0) is 9.59 Å². The van der Waals surface area contributed by atoms with Crippen LogP contribution in [0, 0.1) is 0 Å². The van der Waals surface area contributed by atoms with Crippen molar-refractivity contribution >= 4 is 17.9 Å². The molecular formula is C20H23N3O3. The van der Waals surface area contributed by atoms with Crippen molar-refractivity contribution in [2.75, 3.05) is 7.11 Å². The molecule has 0 saturated carbocycles. The molecule has 0 aliphatic rings. The quantitative estimate of drug-likeness (QED) is 0.750.